The van der Waals surface area contributed by atoms with Crippen LogP contribution in [-0.2, 0) is 16.0 Å². The largest absolute Gasteiger partial charge is 0.383 e. The number of amides is 2. The minimum atomic E-state index is -0.943. The molecule has 0 saturated heterocycles. The lowest BCUT2D eigenvalue weighted by Gasteiger charge is -2.16. The fourth-order valence-electron chi connectivity index (χ4n) is 2.93. The van der Waals surface area contributed by atoms with Crippen molar-refractivity contribution < 1.29 is 9.59 Å². The van der Waals surface area contributed by atoms with Gasteiger partial charge in [0.05, 0.1) is 6.42 Å². The predicted molar refractivity (Wildman–Crippen MR) is 119 cm³/mol. The van der Waals surface area contributed by atoms with E-state index in [1.165, 1.54) is 0 Å². The Morgan fingerprint density at radius 3 is 2.27 bits per heavy atom. The SMILES string of the molecule is Cc1ccc(CC(=O)NC(C(=O)N=C(N)c2ccccc2)c2ccccc2)cc1Cl. The van der Waals surface area contributed by atoms with E-state index in [0.717, 1.165) is 11.1 Å². The minimum absolute atomic E-state index is 0.0918. The number of aryl methyl sites for hydroxylation is 1. The molecule has 3 rings (SSSR count). The van der Waals surface area contributed by atoms with Crippen LogP contribution in [0.5, 0.6) is 0 Å². The van der Waals surface area contributed by atoms with Crippen molar-refractivity contribution in [3.8, 4) is 0 Å². The van der Waals surface area contributed by atoms with E-state index in [4.69, 9.17) is 17.3 Å². The lowest BCUT2D eigenvalue weighted by molar-refractivity contribution is -0.127. The van der Waals surface area contributed by atoms with Gasteiger partial charge in [-0.05, 0) is 29.7 Å². The molecular weight excluding hydrogens is 398 g/mol. The molecule has 0 aliphatic rings. The van der Waals surface area contributed by atoms with Crippen molar-refractivity contribution in [1.29, 1.82) is 0 Å². The van der Waals surface area contributed by atoms with Crippen molar-refractivity contribution in [2.45, 2.75) is 19.4 Å². The Morgan fingerprint density at radius 1 is 1.00 bits per heavy atom. The van der Waals surface area contributed by atoms with Gasteiger partial charge in [0.15, 0.2) is 0 Å². The van der Waals surface area contributed by atoms with Crippen molar-refractivity contribution in [3.63, 3.8) is 0 Å². The van der Waals surface area contributed by atoms with Gasteiger partial charge in [0.2, 0.25) is 5.91 Å². The van der Waals surface area contributed by atoms with Gasteiger partial charge in [0.25, 0.3) is 5.91 Å². The number of nitrogens with two attached hydrogens (primary N) is 1. The van der Waals surface area contributed by atoms with Crippen LogP contribution in [0.3, 0.4) is 0 Å². The lowest BCUT2D eigenvalue weighted by Crippen LogP contribution is -2.35. The van der Waals surface area contributed by atoms with Crippen molar-refractivity contribution in [2.75, 3.05) is 0 Å². The Morgan fingerprint density at radius 2 is 1.63 bits per heavy atom. The van der Waals surface area contributed by atoms with Gasteiger partial charge in [-0.2, -0.15) is 4.99 Å². The zero-order valence-electron chi connectivity index (χ0n) is 16.5. The molecule has 3 aromatic rings. The van der Waals surface area contributed by atoms with Crippen LogP contribution in [0.15, 0.2) is 83.9 Å². The number of halogens is 1. The number of aliphatic imine (C=N–C) groups is 1. The zero-order chi connectivity index (χ0) is 21.5. The third-order valence-corrected chi connectivity index (χ3v) is 4.99. The first-order valence-corrected chi connectivity index (χ1v) is 9.84. The van der Waals surface area contributed by atoms with E-state index in [0.29, 0.717) is 16.1 Å². The van der Waals surface area contributed by atoms with Crippen LogP contribution in [0.2, 0.25) is 5.02 Å². The second kappa shape index (κ2) is 9.85. The van der Waals surface area contributed by atoms with Gasteiger partial charge < -0.3 is 11.1 Å². The van der Waals surface area contributed by atoms with Crippen LogP contribution in [0, 0.1) is 6.92 Å². The molecule has 0 bridgehead atoms. The third-order valence-electron chi connectivity index (χ3n) is 4.59. The topological polar surface area (TPSA) is 84.5 Å². The molecule has 0 heterocycles. The number of hydrogen-bond acceptors (Lipinski definition) is 2. The van der Waals surface area contributed by atoms with Crippen LogP contribution in [0.1, 0.15) is 28.3 Å². The van der Waals surface area contributed by atoms with E-state index in [9.17, 15) is 9.59 Å². The lowest BCUT2D eigenvalue weighted by atomic mass is 10.0. The first-order valence-electron chi connectivity index (χ1n) is 9.47. The number of benzene rings is 3. The highest BCUT2D eigenvalue weighted by Gasteiger charge is 2.23. The van der Waals surface area contributed by atoms with Gasteiger partial charge in [0, 0.05) is 10.6 Å². The van der Waals surface area contributed by atoms with Gasteiger partial charge in [-0.1, -0.05) is 84.4 Å². The number of amidine groups is 1. The molecule has 6 heteroatoms. The summed E-state index contributed by atoms with van der Waals surface area (Å²) in [6.07, 6.45) is 0.0918. The maximum atomic E-state index is 12.9. The summed E-state index contributed by atoms with van der Waals surface area (Å²) in [5, 5.41) is 3.37. The smallest absolute Gasteiger partial charge is 0.274 e. The summed E-state index contributed by atoms with van der Waals surface area (Å²) in [7, 11) is 0. The van der Waals surface area contributed by atoms with E-state index in [2.05, 4.69) is 10.3 Å². The van der Waals surface area contributed by atoms with Crippen LogP contribution < -0.4 is 11.1 Å². The van der Waals surface area contributed by atoms with Gasteiger partial charge in [-0.15, -0.1) is 0 Å². The van der Waals surface area contributed by atoms with E-state index in [-0.39, 0.29) is 18.2 Å². The van der Waals surface area contributed by atoms with Crippen LogP contribution in [0.25, 0.3) is 0 Å². The Hall–Kier alpha value is -3.44. The Balaban J connectivity index is 1.81. The highest BCUT2D eigenvalue weighted by molar-refractivity contribution is 6.31. The summed E-state index contributed by atoms with van der Waals surface area (Å²) < 4.78 is 0. The number of hydrogen-bond donors (Lipinski definition) is 2. The molecule has 0 spiro atoms. The Bertz CT molecular complexity index is 1070. The number of nitrogens with zero attached hydrogens (tertiary/aromatic N) is 1. The summed E-state index contributed by atoms with van der Waals surface area (Å²) in [4.78, 5) is 29.6. The number of carbonyl (C=O) groups excluding carboxylic acids is 2. The van der Waals surface area contributed by atoms with Gasteiger partial charge in [-0.25, -0.2) is 0 Å². The molecule has 3 aromatic carbocycles. The molecule has 0 fully saturated rings. The average Bonchev–Trinajstić information content (AvgIpc) is 2.75. The molecule has 0 saturated carbocycles. The van der Waals surface area contributed by atoms with Crippen LogP contribution >= 0.6 is 11.6 Å². The second-order valence-electron chi connectivity index (χ2n) is 6.87. The average molecular weight is 420 g/mol. The molecule has 2 amide bonds. The number of rotatable bonds is 6. The first kappa shape index (κ1) is 21.3. The zero-order valence-corrected chi connectivity index (χ0v) is 17.3. The molecule has 5 nitrogen and oxygen atoms in total. The van der Waals surface area contributed by atoms with Crippen molar-refractivity contribution in [3.05, 3.63) is 106 Å². The summed E-state index contributed by atoms with van der Waals surface area (Å²) >= 11 is 6.15. The number of nitrogens with one attached hydrogen (secondary N) is 1. The molecular formula is C24H22ClN3O2. The predicted octanol–water partition coefficient (Wildman–Crippen LogP) is 3.98. The standard InChI is InChI=1S/C24H22ClN3O2/c1-16-12-13-17(14-20(16)25)15-21(29)27-22(18-8-4-2-5-9-18)24(30)28-23(26)19-10-6-3-7-11-19/h2-14,22H,15H2,1H3,(H,27,29)(H2,26,28,30). The van der Waals surface area contributed by atoms with Crippen molar-refractivity contribution in [1.82, 2.24) is 5.32 Å². The maximum Gasteiger partial charge on any atom is 0.274 e. The maximum absolute atomic E-state index is 12.9. The third kappa shape index (κ3) is 5.55. The van der Waals surface area contributed by atoms with Gasteiger partial charge in [-0.3, -0.25) is 9.59 Å². The molecule has 3 N–H and O–H groups in total. The van der Waals surface area contributed by atoms with Crippen molar-refractivity contribution >= 4 is 29.3 Å². The summed E-state index contributed by atoms with van der Waals surface area (Å²) in [5.41, 5.74) is 8.96. The van der Waals surface area contributed by atoms with Crippen LogP contribution in [-0.4, -0.2) is 17.6 Å². The highest BCUT2D eigenvalue weighted by Crippen LogP contribution is 2.18. The van der Waals surface area contributed by atoms with E-state index >= 15 is 0 Å². The van der Waals surface area contributed by atoms with Gasteiger partial charge in [0.1, 0.15) is 11.9 Å². The molecule has 0 radical (unpaired) electrons. The summed E-state index contributed by atoms with van der Waals surface area (Å²) in [5.74, 6) is -0.760. The highest BCUT2D eigenvalue weighted by atomic mass is 35.5. The Kier molecular flexibility index (Phi) is 6.99. The first-order chi connectivity index (χ1) is 14.4. The molecule has 30 heavy (non-hydrogen) atoms. The van der Waals surface area contributed by atoms with E-state index < -0.39 is 11.9 Å². The molecule has 1 unspecified atom stereocenters. The molecule has 0 aliphatic carbocycles. The molecule has 0 aromatic heterocycles. The second-order valence-corrected chi connectivity index (χ2v) is 7.28. The van der Waals surface area contributed by atoms with E-state index in [1.54, 1.807) is 42.5 Å². The van der Waals surface area contributed by atoms with Crippen LogP contribution in [0.4, 0.5) is 0 Å². The quantitative estimate of drug-likeness (QED) is 0.468. The molecule has 0 aliphatic heterocycles. The molecule has 152 valence electrons. The fourth-order valence-corrected chi connectivity index (χ4v) is 3.14. The monoisotopic (exact) mass is 419 g/mol. The van der Waals surface area contributed by atoms with Crippen molar-refractivity contribution in [2.24, 2.45) is 10.7 Å². The van der Waals surface area contributed by atoms with E-state index in [1.807, 2.05) is 43.3 Å². The fraction of sp³-hybridized carbons (Fsp3) is 0.125. The summed E-state index contributed by atoms with van der Waals surface area (Å²) in [6.45, 7) is 1.89. The minimum Gasteiger partial charge on any atom is -0.383 e. The number of carbonyl (C=O) groups is 2. The Labute approximate surface area is 180 Å². The molecule has 1 atom stereocenters. The van der Waals surface area contributed by atoms with Gasteiger partial charge >= 0.3 is 0 Å². The summed E-state index contributed by atoms with van der Waals surface area (Å²) in [6, 6.07) is 22.5. The normalized spacial score (nSPS) is 12.3.